The van der Waals surface area contributed by atoms with Gasteiger partial charge in [-0.15, -0.1) is 0 Å². The van der Waals surface area contributed by atoms with Crippen LogP contribution in [0.2, 0.25) is 0 Å². The van der Waals surface area contributed by atoms with Crippen molar-refractivity contribution in [3.63, 3.8) is 0 Å². The number of para-hydroxylation sites is 1. The third-order valence-corrected chi connectivity index (χ3v) is 22.0. The summed E-state index contributed by atoms with van der Waals surface area (Å²) >= 11 is 0. The average Bonchev–Trinajstić information content (AvgIpc) is 1.61. The predicted octanol–water partition coefficient (Wildman–Crippen LogP) is 27.4. The summed E-state index contributed by atoms with van der Waals surface area (Å²) in [6.07, 6.45) is 0. The number of benzene rings is 15. The van der Waals surface area contributed by atoms with Crippen molar-refractivity contribution in [2.24, 2.45) is 0 Å². The normalized spacial score (nSPS) is 13.9. The Kier molecular flexibility index (Phi) is 17.4. The van der Waals surface area contributed by atoms with Gasteiger partial charge >= 0.3 is 0 Å². The summed E-state index contributed by atoms with van der Waals surface area (Å²) in [5, 5.41) is 16.8. The van der Waals surface area contributed by atoms with Crippen LogP contribution in [0.15, 0.2) is 352 Å². The van der Waals surface area contributed by atoms with E-state index in [1.54, 1.807) is 0 Å². The van der Waals surface area contributed by atoms with E-state index in [-0.39, 0.29) is 21.7 Å². The van der Waals surface area contributed by atoms with Crippen LogP contribution in [0.3, 0.4) is 0 Å². The van der Waals surface area contributed by atoms with Crippen molar-refractivity contribution in [1.29, 1.82) is 0 Å². The fourth-order valence-electron chi connectivity index (χ4n) is 16.5. The zero-order valence-electron chi connectivity index (χ0n) is 60.5. The van der Waals surface area contributed by atoms with E-state index < -0.39 is 0 Å². The number of nitrogens with one attached hydrogen (secondary N) is 4. The number of anilines is 8. The zero-order chi connectivity index (χ0) is 71.2. The van der Waals surface area contributed by atoms with Crippen molar-refractivity contribution in [2.75, 3.05) is 21.3 Å². The molecule has 15 aromatic carbocycles. The summed E-state index contributed by atoms with van der Waals surface area (Å²) in [5.74, 6) is 0. The van der Waals surface area contributed by atoms with E-state index in [0.717, 1.165) is 45.5 Å². The van der Waals surface area contributed by atoms with Gasteiger partial charge in [-0.2, -0.15) is 0 Å². The Morgan fingerprint density at radius 2 is 0.442 bits per heavy atom. The standard InChI is InChI=1S/2C27H23N.C25H21N.C21H19N/c1-27(2)25-14-7-6-13-23(25)24-18-22(15-16-26(24)27)28-21-12-8-11-20(17-21)19-9-4-3-5-10-19;1-27(2)25-11-7-6-10-23(25)24-18-22(16-17-26(24)27)28-21-14-12-20(13-15-21)19-8-4-3-5-9-19;1-25(2)22-12-6-5-11-20(22)21-16-18(14-15-23(21)25)26-24-13-7-9-17-8-3-4-10-19(17)24;1-21(2)19-11-7-6-10-17(19)18-14-16(12-13-20(18)21)22-15-8-4-3-5-9-15/h2*3-18,28H,1-2H3;3-16,26H,1-2H3;3-14,22H,1-2H3. The van der Waals surface area contributed by atoms with Crippen molar-refractivity contribution in [1.82, 2.24) is 0 Å². The van der Waals surface area contributed by atoms with Gasteiger partial charge in [-0.3, -0.25) is 0 Å². The molecule has 0 bridgehead atoms. The fourth-order valence-corrected chi connectivity index (χ4v) is 16.5. The predicted molar refractivity (Wildman–Crippen MR) is 443 cm³/mol. The molecule has 506 valence electrons. The summed E-state index contributed by atoms with van der Waals surface area (Å²) < 4.78 is 0. The highest BCUT2D eigenvalue weighted by Gasteiger charge is 2.39. The largest absolute Gasteiger partial charge is 0.356 e. The van der Waals surface area contributed by atoms with Crippen LogP contribution in [0.25, 0.3) is 77.5 Å². The van der Waals surface area contributed by atoms with E-state index in [1.165, 1.54) is 122 Å². The Balaban J connectivity index is 0.000000107. The zero-order valence-corrected chi connectivity index (χ0v) is 60.5. The molecule has 0 saturated heterocycles. The van der Waals surface area contributed by atoms with E-state index in [0.29, 0.717) is 0 Å². The van der Waals surface area contributed by atoms with E-state index in [9.17, 15) is 0 Å². The van der Waals surface area contributed by atoms with Gasteiger partial charge in [0, 0.05) is 72.5 Å². The molecule has 4 nitrogen and oxygen atoms in total. The molecule has 0 aromatic heterocycles. The third-order valence-electron chi connectivity index (χ3n) is 22.0. The maximum atomic E-state index is 3.63. The molecule has 104 heavy (non-hydrogen) atoms. The first-order chi connectivity index (χ1) is 50.6. The van der Waals surface area contributed by atoms with Gasteiger partial charge in [0.1, 0.15) is 0 Å². The molecule has 19 rings (SSSR count). The van der Waals surface area contributed by atoms with Crippen LogP contribution in [0.1, 0.15) is 99.9 Å². The molecule has 4 aliphatic rings. The highest BCUT2D eigenvalue weighted by atomic mass is 14.9. The lowest BCUT2D eigenvalue weighted by atomic mass is 9.82. The molecule has 4 heteroatoms. The highest BCUT2D eigenvalue weighted by molar-refractivity contribution is 5.96. The van der Waals surface area contributed by atoms with Crippen molar-refractivity contribution in [3.05, 3.63) is 396 Å². The van der Waals surface area contributed by atoms with Crippen molar-refractivity contribution in [2.45, 2.75) is 77.0 Å². The molecule has 0 aliphatic heterocycles. The number of hydrogen-bond acceptors (Lipinski definition) is 4. The molecule has 0 spiro atoms. The molecule has 0 saturated carbocycles. The summed E-state index contributed by atoms with van der Waals surface area (Å²) in [6.45, 7) is 18.5. The lowest BCUT2D eigenvalue weighted by molar-refractivity contribution is 0.660. The Bertz CT molecular complexity index is 5660. The quantitative estimate of drug-likeness (QED) is 0.110. The van der Waals surface area contributed by atoms with Crippen LogP contribution in [0.5, 0.6) is 0 Å². The molecule has 0 radical (unpaired) electrons. The molecule has 0 amide bonds. The first-order valence-corrected chi connectivity index (χ1v) is 36.5. The Labute approximate surface area is 613 Å². The molecule has 4 N–H and O–H groups in total. The molecule has 0 fully saturated rings. The van der Waals surface area contributed by atoms with Crippen molar-refractivity contribution >= 4 is 56.3 Å². The Morgan fingerprint density at radius 1 is 0.173 bits per heavy atom. The van der Waals surface area contributed by atoms with Gasteiger partial charge in [0.05, 0.1) is 0 Å². The first kappa shape index (κ1) is 66.3. The van der Waals surface area contributed by atoms with E-state index in [2.05, 4.69) is 404 Å². The van der Waals surface area contributed by atoms with Gasteiger partial charge in [-0.05, 0) is 208 Å². The molecular weight excluding hydrogens is 1260 g/mol. The molecule has 0 heterocycles. The maximum absolute atomic E-state index is 3.63. The minimum absolute atomic E-state index is 0.0533. The van der Waals surface area contributed by atoms with Crippen molar-refractivity contribution in [3.8, 4) is 66.8 Å². The van der Waals surface area contributed by atoms with Crippen LogP contribution in [-0.4, -0.2) is 0 Å². The minimum atomic E-state index is 0.0533. The van der Waals surface area contributed by atoms with Crippen LogP contribution < -0.4 is 21.3 Å². The minimum Gasteiger partial charge on any atom is -0.356 e. The van der Waals surface area contributed by atoms with Crippen LogP contribution in [-0.2, 0) is 21.7 Å². The second-order valence-corrected chi connectivity index (χ2v) is 30.0. The number of fused-ring (bicyclic) bond motifs is 13. The molecule has 15 aromatic rings. The smallest absolute Gasteiger partial charge is 0.0463 e. The Hall–Kier alpha value is -12.2. The molecule has 0 atom stereocenters. The summed E-state index contributed by atoms with van der Waals surface area (Å²) in [6, 6.07) is 125. The van der Waals surface area contributed by atoms with Crippen molar-refractivity contribution < 1.29 is 0 Å². The van der Waals surface area contributed by atoms with Gasteiger partial charge in [0.25, 0.3) is 0 Å². The number of rotatable bonds is 10. The fraction of sp³-hybridized carbons (Fsp3) is 0.120. The van der Waals surface area contributed by atoms with Gasteiger partial charge in [0.15, 0.2) is 0 Å². The highest BCUT2D eigenvalue weighted by Crippen LogP contribution is 2.53. The van der Waals surface area contributed by atoms with Gasteiger partial charge in [-0.25, -0.2) is 0 Å². The second-order valence-electron chi connectivity index (χ2n) is 30.0. The maximum Gasteiger partial charge on any atom is 0.0463 e. The average molecular weight is 1340 g/mol. The van der Waals surface area contributed by atoms with E-state index in [4.69, 9.17) is 0 Å². The van der Waals surface area contributed by atoms with Gasteiger partial charge in [-0.1, -0.05) is 316 Å². The second kappa shape index (κ2) is 27.3. The lowest BCUT2D eigenvalue weighted by Gasteiger charge is -2.21. The Morgan fingerprint density at radius 3 is 0.875 bits per heavy atom. The first-order valence-electron chi connectivity index (χ1n) is 36.5. The molecular formula is C100H86N4. The van der Waals surface area contributed by atoms with Crippen LogP contribution >= 0.6 is 0 Å². The third kappa shape index (κ3) is 12.6. The van der Waals surface area contributed by atoms with Gasteiger partial charge in [0.2, 0.25) is 0 Å². The van der Waals surface area contributed by atoms with Crippen LogP contribution in [0, 0.1) is 0 Å². The SMILES string of the molecule is CC1(C)c2ccccc2-c2cc(Nc3ccc(-c4ccccc4)cc3)ccc21.CC1(C)c2ccccc2-c2cc(Nc3cccc(-c4ccccc4)c3)ccc21.CC1(C)c2ccccc2-c2cc(Nc3cccc4ccccc34)ccc21.CC1(C)c2ccccc2-c2cc(Nc3ccccc3)ccc21. The molecule has 0 unspecified atom stereocenters. The molecule has 4 aliphatic carbocycles. The summed E-state index contributed by atoms with van der Waals surface area (Å²) in [4.78, 5) is 0. The summed E-state index contributed by atoms with van der Waals surface area (Å²) in [5.41, 5.74) is 36.2. The monoisotopic (exact) mass is 1340 g/mol. The van der Waals surface area contributed by atoms with Gasteiger partial charge < -0.3 is 21.3 Å². The topological polar surface area (TPSA) is 48.1 Å². The summed E-state index contributed by atoms with van der Waals surface area (Å²) in [7, 11) is 0. The number of hydrogen-bond donors (Lipinski definition) is 4. The van der Waals surface area contributed by atoms with E-state index >= 15 is 0 Å². The van der Waals surface area contributed by atoms with Crippen LogP contribution in [0.4, 0.5) is 45.5 Å². The lowest BCUT2D eigenvalue weighted by Crippen LogP contribution is -2.14. The van der Waals surface area contributed by atoms with E-state index in [1.807, 2.05) is 24.3 Å².